The molecule has 3 N–H and O–H groups in total. The van der Waals surface area contributed by atoms with Crippen LogP contribution in [0, 0.1) is 0 Å². The highest BCUT2D eigenvalue weighted by Crippen LogP contribution is 2.30. The maximum atomic E-state index is 12.0. The van der Waals surface area contributed by atoms with Crippen molar-refractivity contribution in [2.24, 2.45) is 5.10 Å². The van der Waals surface area contributed by atoms with Gasteiger partial charge in [0.15, 0.2) is 0 Å². The quantitative estimate of drug-likeness (QED) is 0.574. The Bertz CT molecular complexity index is 731. The smallest absolute Gasteiger partial charge is 0.275 e. The molecule has 0 aliphatic heterocycles. The molecule has 0 heterocycles. The zero-order valence-corrected chi connectivity index (χ0v) is 13.2. The molecular formula is C15H13BrN2O4. The molecule has 0 spiro atoms. The fourth-order valence-electron chi connectivity index (χ4n) is 1.72. The lowest BCUT2D eigenvalue weighted by molar-refractivity contribution is 0.0952. The summed E-state index contributed by atoms with van der Waals surface area (Å²) in [7, 11) is 1.47. The van der Waals surface area contributed by atoms with E-state index in [1.54, 1.807) is 24.3 Å². The fraction of sp³-hybridized carbons (Fsp3) is 0.0667. The van der Waals surface area contributed by atoms with Gasteiger partial charge < -0.3 is 14.9 Å². The van der Waals surface area contributed by atoms with Gasteiger partial charge in [0.05, 0.1) is 23.4 Å². The Morgan fingerprint density at radius 1 is 1.27 bits per heavy atom. The molecule has 1 amide bonds. The molecule has 0 aliphatic carbocycles. The van der Waals surface area contributed by atoms with Gasteiger partial charge in [-0.1, -0.05) is 12.1 Å². The number of nitrogens with zero attached hydrogens (tertiary/aromatic N) is 1. The third kappa shape index (κ3) is 3.56. The van der Waals surface area contributed by atoms with Crippen molar-refractivity contribution in [2.75, 3.05) is 7.11 Å². The molecule has 114 valence electrons. The minimum atomic E-state index is -0.439. The molecule has 7 heteroatoms. The largest absolute Gasteiger partial charge is 0.507 e. The fourth-order valence-corrected chi connectivity index (χ4v) is 2.08. The summed E-state index contributed by atoms with van der Waals surface area (Å²) in [5, 5.41) is 22.9. The summed E-state index contributed by atoms with van der Waals surface area (Å²) in [5.41, 5.74) is 3.03. The predicted molar refractivity (Wildman–Crippen MR) is 85.5 cm³/mol. The number of aromatic hydroxyl groups is 2. The van der Waals surface area contributed by atoms with Crippen LogP contribution >= 0.6 is 15.9 Å². The second-order valence-corrected chi connectivity index (χ2v) is 5.12. The number of ether oxygens (including phenoxy) is 1. The number of hydrazone groups is 1. The van der Waals surface area contributed by atoms with Crippen molar-refractivity contribution in [3.8, 4) is 17.2 Å². The Labute approximate surface area is 135 Å². The average molecular weight is 365 g/mol. The Balaban J connectivity index is 2.12. The summed E-state index contributed by atoms with van der Waals surface area (Å²) in [6, 6.07) is 9.39. The van der Waals surface area contributed by atoms with E-state index in [2.05, 4.69) is 26.5 Å². The van der Waals surface area contributed by atoms with Crippen molar-refractivity contribution in [1.29, 1.82) is 0 Å². The Morgan fingerprint density at radius 3 is 2.73 bits per heavy atom. The van der Waals surface area contributed by atoms with E-state index in [-0.39, 0.29) is 11.5 Å². The van der Waals surface area contributed by atoms with Gasteiger partial charge in [0.1, 0.15) is 17.2 Å². The predicted octanol–water partition coefficient (Wildman–Crippen LogP) is 2.63. The van der Waals surface area contributed by atoms with Crippen molar-refractivity contribution in [1.82, 2.24) is 5.43 Å². The van der Waals surface area contributed by atoms with Crippen LogP contribution in [-0.2, 0) is 0 Å². The lowest BCUT2D eigenvalue weighted by atomic mass is 10.2. The number of hydrogen-bond acceptors (Lipinski definition) is 5. The molecule has 0 bridgehead atoms. The second-order valence-electron chi connectivity index (χ2n) is 4.26. The molecule has 0 aromatic heterocycles. The van der Waals surface area contributed by atoms with E-state index in [4.69, 9.17) is 4.74 Å². The zero-order valence-electron chi connectivity index (χ0n) is 11.6. The number of carbonyl (C=O) groups excluding carboxylic acids is 1. The summed E-state index contributed by atoms with van der Waals surface area (Å²) in [4.78, 5) is 12.0. The van der Waals surface area contributed by atoms with Gasteiger partial charge in [-0.3, -0.25) is 4.79 Å². The molecule has 2 rings (SSSR count). The van der Waals surface area contributed by atoms with Crippen LogP contribution in [0.5, 0.6) is 17.2 Å². The zero-order chi connectivity index (χ0) is 16.1. The van der Waals surface area contributed by atoms with Crippen molar-refractivity contribution >= 4 is 28.1 Å². The topological polar surface area (TPSA) is 91.2 Å². The standard InChI is InChI=1S/C15H13BrN2O4/c1-22-14-5-3-2-4-10(14)15(21)18-17-8-9-6-11(16)13(20)7-12(9)19/h2-8,19-20H,1H3,(H,18,21). The van der Waals surface area contributed by atoms with E-state index in [9.17, 15) is 15.0 Å². The molecule has 22 heavy (non-hydrogen) atoms. The monoisotopic (exact) mass is 364 g/mol. The maximum Gasteiger partial charge on any atom is 0.275 e. The first-order chi connectivity index (χ1) is 10.5. The van der Waals surface area contributed by atoms with Gasteiger partial charge in [-0.15, -0.1) is 0 Å². The minimum Gasteiger partial charge on any atom is -0.507 e. The van der Waals surface area contributed by atoms with Crippen molar-refractivity contribution < 1.29 is 19.7 Å². The van der Waals surface area contributed by atoms with Crippen LogP contribution in [0.25, 0.3) is 0 Å². The number of methoxy groups -OCH3 is 1. The van der Waals surface area contributed by atoms with Gasteiger partial charge in [0.2, 0.25) is 0 Å². The molecule has 0 saturated carbocycles. The highest BCUT2D eigenvalue weighted by molar-refractivity contribution is 9.10. The highest BCUT2D eigenvalue weighted by Gasteiger charge is 2.10. The molecule has 0 unspecified atom stereocenters. The molecule has 2 aromatic carbocycles. The number of halogens is 1. The van der Waals surface area contributed by atoms with E-state index < -0.39 is 5.91 Å². The number of rotatable bonds is 4. The van der Waals surface area contributed by atoms with Gasteiger partial charge in [-0.25, -0.2) is 5.43 Å². The molecule has 0 aliphatic rings. The van der Waals surface area contributed by atoms with Crippen molar-refractivity contribution in [2.45, 2.75) is 0 Å². The molecule has 0 radical (unpaired) electrons. The average Bonchev–Trinajstić information content (AvgIpc) is 2.52. The summed E-state index contributed by atoms with van der Waals surface area (Å²) in [5.74, 6) is -0.250. The van der Waals surface area contributed by atoms with E-state index in [0.717, 1.165) is 0 Å². The van der Waals surface area contributed by atoms with Gasteiger partial charge in [0.25, 0.3) is 5.91 Å². The van der Waals surface area contributed by atoms with Crippen molar-refractivity contribution in [3.05, 3.63) is 52.0 Å². The van der Waals surface area contributed by atoms with E-state index >= 15 is 0 Å². The van der Waals surface area contributed by atoms with Gasteiger partial charge >= 0.3 is 0 Å². The Kier molecular flexibility index (Phi) is 5.00. The summed E-state index contributed by atoms with van der Waals surface area (Å²) in [6.07, 6.45) is 1.27. The number of nitrogens with one attached hydrogen (secondary N) is 1. The third-order valence-electron chi connectivity index (χ3n) is 2.82. The lowest BCUT2D eigenvalue weighted by Crippen LogP contribution is -2.18. The molecule has 6 nitrogen and oxygen atoms in total. The van der Waals surface area contributed by atoms with E-state index in [0.29, 0.717) is 21.3 Å². The number of carbonyl (C=O) groups is 1. The summed E-state index contributed by atoms with van der Waals surface area (Å²) >= 11 is 3.13. The number of phenolic OH excluding ortho intramolecular Hbond substituents is 2. The second kappa shape index (κ2) is 6.95. The van der Waals surface area contributed by atoms with Gasteiger partial charge in [-0.2, -0.15) is 5.10 Å². The molecule has 0 atom stereocenters. The van der Waals surface area contributed by atoms with Crippen LogP contribution in [-0.4, -0.2) is 29.4 Å². The summed E-state index contributed by atoms with van der Waals surface area (Å²) < 4.78 is 5.50. The van der Waals surface area contributed by atoms with Crippen LogP contribution in [0.3, 0.4) is 0 Å². The van der Waals surface area contributed by atoms with Crippen LogP contribution in [0.2, 0.25) is 0 Å². The molecule has 0 saturated heterocycles. The third-order valence-corrected chi connectivity index (χ3v) is 3.45. The maximum absolute atomic E-state index is 12.0. The number of hydrogen-bond donors (Lipinski definition) is 3. The first-order valence-electron chi connectivity index (χ1n) is 6.21. The van der Waals surface area contributed by atoms with Crippen LogP contribution in [0.4, 0.5) is 0 Å². The Morgan fingerprint density at radius 2 is 2.00 bits per heavy atom. The number of benzene rings is 2. The molecular weight excluding hydrogens is 352 g/mol. The molecule has 2 aromatic rings. The van der Waals surface area contributed by atoms with E-state index in [1.807, 2.05) is 0 Å². The van der Waals surface area contributed by atoms with Crippen molar-refractivity contribution in [3.63, 3.8) is 0 Å². The SMILES string of the molecule is COc1ccccc1C(=O)NN=Cc1cc(Br)c(O)cc1O. The number of phenols is 2. The number of para-hydroxylation sites is 1. The van der Waals surface area contributed by atoms with Gasteiger partial charge in [0, 0.05) is 11.6 Å². The van der Waals surface area contributed by atoms with Crippen LogP contribution in [0.1, 0.15) is 15.9 Å². The highest BCUT2D eigenvalue weighted by atomic mass is 79.9. The first kappa shape index (κ1) is 15.8. The number of amides is 1. The lowest BCUT2D eigenvalue weighted by Gasteiger charge is -2.06. The normalized spacial score (nSPS) is 10.6. The first-order valence-corrected chi connectivity index (χ1v) is 7.00. The van der Waals surface area contributed by atoms with Crippen LogP contribution < -0.4 is 10.2 Å². The summed E-state index contributed by atoms with van der Waals surface area (Å²) in [6.45, 7) is 0. The minimum absolute atomic E-state index is 0.0901. The van der Waals surface area contributed by atoms with Crippen LogP contribution in [0.15, 0.2) is 46.0 Å². The molecule has 0 fully saturated rings. The Hall–Kier alpha value is -2.54. The van der Waals surface area contributed by atoms with Gasteiger partial charge in [-0.05, 0) is 34.1 Å². The van der Waals surface area contributed by atoms with E-state index in [1.165, 1.54) is 25.5 Å².